The van der Waals surface area contributed by atoms with Gasteiger partial charge < -0.3 is 14.6 Å². The van der Waals surface area contributed by atoms with Crippen molar-refractivity contribution in [2.45, 2.75) is 26.7 Å². The molecule has 3 aromatic carbocycles. The Morgan fingerprint density at radius 3 is 1.45 bits per heavy atom. The second-order valence-corrected chi connectivity index (χ2v) is 7.06. The summed E-state index contributed by atoms with van der Waals surface area (Å²) in [5, 5.41) is 11.1. The maximum absolute atomic E-state index is 12.7. The average molecular weight is 418 g/mol. The fraction of sp³-hybridized carbons (Fsp3) is 0.231. The number of esters is 2. The maximum Gasteiger partial charge on any atom is 0.342 e. The number of carbonyl (C=O) groups excluding carboxylic acids is 2. The summed E-state index contributed by atoms with van der Waals surface area (Å²) < 4.78 is 10.4. The standard InChI is InChI=1S/C26H26O5/c1-3-30-25(28)22-20(15-18-11-7-5-8-12-18)17-21(16-19-13-9-6-10-14-19)23(24(22)27)26(29)31-4-2/h5-14,17,27H,3-4,15-16H2,1-2H3. The molecule has 31 heavy (non-hydrogen) atoms. The molecular weight excluding hydrogens is 392 g/mol. The van der Waals surface area contributed by atoms with Crippen LogP contribution in [0.5, 0.6) is 5.75 Å². The monoisotopic (exact) mass is 418 g/mol. The predicted octanol–water partition coefficient (Wildman–Crippen LogP) is 4.93. The second-order valence-electron chi connectivity index (χ2n) is 7.06. The lowest BCUT2D eigenvalue weighted by Gasteiger charge is -2.18. The number of rotatable bonds is 8. The number of phenolic OH excluding ortho intramolecular Hbond substituents is 1. The van der Waals surface area contributed by atoms with Crippen LogP contribution in [0.3, 0.4) is 0 Å². The van der Waals surface area contributed by atoms with E-state index in [0.29, 0.717) is 24.0 Å². The molecule has 0 saturated carbocycles. The molecule has 0 aromatic heterocycles. The third-order valence-electron chi connectivity index (χ3n) is 4.90. The van der Waals surface area contributed by atoms with Crippen LogP contribution in [0.25, 0.3) is 0 Å². The molecular formula is C26H26O5. The molecule has 0 aliphatic carbocycles. The smallest absolute Gasteiger partial charge is 0.342 e. The third kappa shape index (κ3) is 5.31. The zero-order valence-electron chi connectivity index (χ0n) is 17.8. The zero-order chi connectivity index (χ0) is 22.2. The van der Waals surface area contributed by atoms with Crippen molar-refractivity contribution < 1.29 is 24.2 Å². The fourth-order valence-corrected chi connectivity index (χ4v) is 3.56. The van der Waals surface area contributed by atoms with Crippen LogP contribution in [0.15, 0.2) is 66.7 Å². The van der Waals surface area contributed by atoms with Crippen molar-refractivity contribution in [3.05, 3.63) is 100 Å². The summed E-state index contributed by atoms with van der Waals surface area (Å²) in [5.41, 5.74) is 3.15. The third-order valence-corrected chi connectivity index (χ3v) is 4.90. The van der Waals surface area contributed by atoms with Gasteiger partial charge >= 0.3 is 11.9 Å². The van der Waals surface area contributed by atoms with Crippen LogP contribution in [-0.2, 0) is 22.3 Å². The maximum atomic E-state index is 12.7. The van der Waals surface area contributed by atoms with Gasteiger partial charge in [0.05, 0.1) is 13.2 Å². The predicted molar refractivity (Wildman–Crippen MR) is 119 cm³/mol. The number of aromatic hydroxyl groups is 1. The summed E-state index contributed by atoms with van der Waals surface area (Å²) in [7, 11) is 0. The van der Waals surface area contributed by atoms with Gasteiger partial charge in [0.2, 0.25) is 0 Å². The molecule has 0 saturated heterocycles. The van der Waals surface area contributed by atoms with Gasteiger partial charge in [-0.25, -0.2) is 9.59 Å². The van der Waals surface area contributed by atoms with Crippen LogP contribution in [0, 0.1) is 0 Å². The Morgan fingerprint density at radius 1 is 0.710 bits per heavy atom. The molecule has 0 atom stereocenters. The van der Waals surface area contributed by atoms with Crippen LogP contribution < -0.4 is 0 Å². The normalized spacial score (nSPS) is 10.5. The Kier molecular flexibility index (Phi) is 7.44. The molecule has 3 rings (SSSR count). The topological polar surface area (TPSA) is 72.8 Å². The summed E-state index contributed by atoms with van der Waals surface area (Å²) in [6, 6.07) is 21.1. The van der Waals surface area contributed by atoms with Crippen molar-refractivity contribution in [2.75, 3.05) is 13.2 Å². The van der Waals surface area contributed by atoms with Gasteiger partial charge in [-0.2, -0.15) is 0 Å². The van der Waals surface area contributed by atoms with E-state index in [2.05, 4.69) is 0 Å². The highest BCUT2D eigenvalue weighted by molar-refractivity contribution is 6.02. The van der Waals surface area contributed by atoms with E-state index in [4.69, 9.17) is 9.47 Å². The molecule has 1 N–H and O–H groups in total. The summed E-state index contributed by atoms with van der Waals surface area (Å²) in [5.74, 6) is -1.72. The first-order chi connectivity index (χ1) is 15.0. The van der Waals surface area contributed by atoms with Gasteiger partial charge in [0.1, 0.15) is 16.9 Å². The molecule has 0 spiro atoms. The van der Waals surface area contributed by atoms with Crippen molar-refractivity contribution in [3.8, 4) is 5.75 Å². The van der Waals surface area contributed by atoms with Gasteiger partial charge in [0.15, 0.2) is 0 Å². The summed E-state index contributed by atoms with van der Waals surface area (Å²) >= 11 is 0. The molecule has 0 fully saturated rings. The number of hydrogen-bond donors (Lipinski definition) is 1. The van der Waals surface area contributed by atoms with Crippen LogP contribution in [0.1, 0.15) is 56.8 Å². The molecule has 0 unspecified atom stereocenters. The number of phenols is 1. The highest BCUT2D eigenvalue weighted by Gasteiger charge is 2.28. The molecule has 0 aliphatic rings. The Bertz CT molecular complexity index is 961. The minimum Gasteiger partial charge on any atom is -0.506 e. The molecule has 0 bridgehead atoms. The van der Waals surface area contributed by atoms with Gasteiger partial charge in [-0.15, -0.1) is 0 Å². The Morgan fingerprint density at radius 2 is 1.10 bits per heavy atom. The Hall–Kier alpha value is -3.60. The van der Waals surface area contributed by atoms with E-state index in [0.717, 1.165) is 11.1 Å². The van der Waals surface area contributed by atoms with Crippen LogP contribution in [0.4, 0.5) is 0 Å². The minimum absolute atomic E-state index is 0.00516. The van der Waals surface area contributed by atoms with Gasteiger partial charge in [-0.05, 0) is 48.9 Å². The van der Waals surface area contributed by atoms with E-state index in [1.54, 1.807) is 19.9 Å². The number of hydrogen-bond acceptors (Lipinski definition) is 5. The highest BCUT2D eigenvalue weighted by Crippen LogP contribution is 2.34. The number of carbonyl (C=O) groups is 2. The first-order valence-corrected chi connectivity index (χ1v) is 10.3. The van der Waals surface area contributed by atoms with Crippen molar-refractivity contribution in [3.63, 3.8) is 0 Å². The van der Waals surface area contributed by atoms with Crippen molar-refractivity contribution in [2.24, 2.45) is 0 Å². The summed E-state index contributed by atoms with van der Waals surface area (Å²) in [4.78, 5) is 25.5. The largest absolute Gasteiger partial charge is 0.506 e. The first kappa shape index (κ1) is 22.1. The quantitative estimate of drug-likeness (QED) is 0.525. The van der Waals surface area contributed by atoms with E-state index < -0.39 is 17.7 Å². The van der Waals surface area contributed by atoms with Crippen LogP contribution >= 0.6 is 0 Å². The van der Waals surface area contributed by atoms with Crippen molar-refractivity contribution >= 4 is 11.9 Å². The average Bonchev–Trinajstić information content (AvgIpc) is 2.75. The minimum atomic E-state index is -0.664. The van der Waals surface area contributed by atoms with Crippen LogP contribution in [-0.4, -0.2) is 30.3 Å². The fourth-order valence-electron chi connectivity index (χ4n) is 3.56. The molecule has 3 aromatic rings. The molecule has 5 nitrogen and oxygen atoms in total. The number of benzene rings is 3. The molecule has 0 aliphatic heterocycles. The van der Waals surface area contributed by atoms with Crippen LogP contribution in [0.2, 0.25) is 0 Å². The van der Waals surface area contributed by atoms with Gasteiger partial charge in [0, 0.05) is 0 Å². The zero-order valence-corrected chi connectivity index (χ0v) is 17.8. The summed E-state index contributed by atoms with van der Waals surface area (Å²) in [6.07, 6.45) is 0.820. The molecule has 0 amide bonds. The second kappa shape index (κ2) is 10.4. The van der Waals surface area contributed by atoms with E-state index in [-0.39, 0.29) is 24.3 Å². The SMILES string of the molecule is CCOC(=O)c1c(Cc2ccccc2)cc(Cc2ccccc2)c(C(=O)OCC)c1O. The lowest BCUT2D eigenvalue weighted by atomic mass is 9.90. The summed E-state index contributed by atoms with van der Waals surface area (Å²) in [6.45, 7) is 3.71. The van der Waals surface area contributed by atoms with E-state index >= 15 is 0 Å². The van der Waals surface area contributed by atoms with E-state index in [1.165, 1.54) is 0 Å². The highest BCUT2D eigenvalue weighted by atomic mass is 16.5. The van der Waals surface area contributed by atoms with Gasteiger partial charge in [-0.3, -0.25) is 0 Å². The van der Waals surface area contributed by atoms with Gasteiger partial charge in [-0.1, -0.05) is 66.7 Å². The Balaban J connectivity index is 2.19. The van der Waals surface area contributed by atoms with E-state index in [9.17, 15) is 14.7 Å². The lowest BCUT2D eigenvalue weighted by Crippen LogP contribution is -2.16. The van der Waals surface area contributed by atoms with Crippen molar-refractivity contribution in [1.82, 2.24) is 0 Å². The Labute approximate surface area is 182 Å². The first-order valence-electron chi connectivity index (χ1n) is 10.3. The van der Waals surface area contributed by atoms with E-state index in [1.807, 2.05) is 60.7 Å². The number of ether oxygens (including phenoxy) is 2. The lowest BCUT2D eigenvalue weighted by molar-refractivity contribution is 0.0517. The molecule has 160 valence electrons. The van der Waals surface area contributed by atoms with Gasteiger partial charge in [0.25, 0.3) is 0 Å². The molecule has 0 radical (unpaired) electrons. The van der Waals surface area contributed by atoms with Crippen molar-refractivity contribution in [1.29, 1.82) is 0 Å². The molecule has 5 heteroatoms. The molecule has 0 heterocycles.